The molecule has 1 aliphatic heterocycles. The van der Waals surface area contributed by atoms with E-state index in [1.54, 1.807) is 6.92 Å². The van der Waals surface area contributed by atoms with Crippen LogP contribution in [0.4, 0.5) is 0 Å². The number of aromatic carboxylic acids is 1. The zero-order valence-electron chi connectivity index (χ0n) is 10.0. The van der Waals surface area contributed by atoms with Gasteiger partial charge in [-0.1, -0.05) is 12.1 Å². The molecule has 1 saturated heterocycles. The minimum absolute atomic E-state index is 0.0612. The number of carboxylic acid groups (broad SMARTS) is 1. The largest absolute Gasteiger partial charge is 0.545 e. The summed E-state index contributed by atoms with van der Waals surface area (Å²) in [7, 11) is -3.58. The third kappa shape index (κ3) is 2.26. The van der Waals surface area contributed by atoms with Gasteiger partial charge in [0.1, 0.15) is 0 Å². The lowest BCUT2D eigenvalue weighted by atomic mass is 10.1. The molecule has 2 rings (SSSR count). The average molecular weight is 268 g/mol. The Kier molecular flexibility index (Phi) is 3.41. The SMILES string of the molecule is Cc1ccc(C(=O)[O-])cc1S(=O)(=O)N1CCCC1. The molecular formula is C12H14NO4S-. The van der Waals surface area contributed by atoms with E-state index < -0.39 is 16.0 Å². The molecule has 0 spiro atoms. The van der Waals surface area contributed by atoms with E-state index in [1.807, 2.05) is 0 Å². The van der Waals surface area contributed by atoms with Gasteiger partial charge in [-0.25, -0.2) is 8.42 Å². The monoisotopic (exact) mass is 268 g/mol. The Bertz CT molecular complexity index is 574. The van der Waals surface area contributed by atoms with Crippen molar-refractivity contribution in [2.24, 2.45) is 0 Å². The Hall–Kier alpha value is -1.40. The number of carboxylic acids is 1. The van der Waals surface area contributed by atoms with E-state index in [0.717, 1.165) is 12.8 Å². The van der Waals surface area contributed by atoms with Gasteiger partial charge in [0, 0.05) is 13.1 Å². The minimum Gasteiger partial charge on any atom is -0.545 e. The highest BCUT2D eigenvalue weighted by atomic mass is 32.2. The summed E-state index contributed by atoms with van der Waals surface area (Å²) in [5, 5.41) is 10.8. The molecule has 18 heavy (non-hydrogen) atoms. The van der Waals surface area contributed by atoms with E-state index >= 15 is 0 Å². The first kappa shape index (κ1) is 13.0. The molecule has 1 heterocycles. The second kappa shape index (κ2) is 4.70. The maximum Gasteiger partial charge on any atom is 0.243 e. The van der Waals surface area contributed by atoms with Crippen LogP contribution in [-0.4, -0.2) is 31.8 Å². The molecule has 5 nitrogen and oxygen atoms in total. The number of benzene rings is 1. The van der Waals surface area contributed by atoms with Crippen molar-refractivity contribution in [2.45, 2.75) is 24.7 Å². The lowest BCUT2D eigenvalue weighted by molar-refractivity contribution is -0.255. The topological polar surface area (TPSA) is 77.5 Å². The molecule has 0 amide bonds. The van der Waals surface area contributed by atoms with Crippen molar-refractivity contribution in [1.29, 1.82) is 0 Å². The summed E-state index contributed by atoms with van der Waals surface area (Å²) in [6.45, 7) is 2.65. The van der Waals surface area contributed by atoms with Crippen molar-refractivity contribution in [1.82, 2.24) is 4.31 Å². The summed E-state index contributed by atoms with van der Waals surface area (Å²) in [4.78, 5) is 10.9. The Morgan fingerprint density at radius 1 is 1.28 bits per heavy atom. The van der Waals surface area contributed by atoms with Crippen LogP contribution in [0.2, 0.25) is 0 Å². The summed E-state index contributed by atoms with van der Waals surface area (Å²) in [6.07, 6.45) is 1.69. The number of rotatable bonds is 3. The standard InChI is InChI=1S/C12H15NO4S/c1-9-4-5-10(12(14)15)8-11(9)18(16,17)13-6-2-3-7-13/h4-5,8H,2-3,6-7H2,1H3,(H,14,15)/p-1. The van der Waals surface area contributed by atoms with Crippen molar-refractivity contribution >= 4 is 16.0 Å². The second-order valence-corrected chi connectivity index (χ2v) is 6.29. The Labute approximate surface area is 106 Å². The predicted molar refractivity (Wildman–Crippen MR) is 63.5 cm³/mol. The average Bonchev–Trinajstić information content (AvgIpc) is 2.82. The number of carbonyl (C=O) groups excluding carboxylic acids is 1. The first-order chi connectivity index (χ1) is 8.43. The van der Waals surface area contributed by atoms with Crippen LogP contribution in [0.25, 0.3) is 0 Å². The molecule has 1 aliphatic rings. The van der Waals surface area contributed by atoms with E-state index in [-0.39, 0.29) is 10.5 Å². The van der Waals surface area contributed by atoms with Crippen molar-refractivity contribution < 1.29 is 18.3 Å². The molecule has 1 aromatic carbocycles. The Morgan fingerprint density at radius 3 is 2.44 bits per heavy atom. The van der Waals surface area contributed by atoms with E-state index in [1.165, 1.54) is 22.5 Å². The summed E-state index contributed by atoms with van der Waals surface area (Å²) in [5.74, 6) is -1.37. The number of hydrogen-bond donors (Lipinski definition) is 0. The molecule has 0 N–H and O–H groups in total. The Balaban J connectivity index is 2.49. The number of nitrogens with zero attached hydrogens (tertiary/aromatic N) is 1. The van der Waals surface area contributed by atoms with Crippen LogP contribution in [-0.2, 0) is 10.0 Å². The van der Waals surface area contributed by atoms with Crippen LogP contribution in [0.1, 0.15) is 28.8 Å². The first-order valence-electron chi connectivity index (χ1n) is 5.75. The van der Waals surface area contributed by atoms with Crippen molar-refractivity contribution in [3.8, 4) is 0 Å². The number of hydrogen-bond acceptors (Lipinski definition) is 4. The minimum atomic E-state index is -3.58. The van der Waals surface area contributed by atoms with E-state index in [9.17, 15) is 18.3 Å². The Morgan fingerprint density at radius 2 is 1.89 bits per heavy atom. The van der Waals surface area contributed by atoms with Crippen LogP contribution in [0.15, 0.2) is 23.1 Å². The molecule has 6 heteroatoms. The molecule has 0 aromatic heterocycles. The zero-order valence-corrected chi connectivity index (χ0v) is 10.9. The molecule has 1 fully saturated rings. The van der Waals surface area contributed by atoms with Crippen LogP contribution in [0, 0.1) is 6.92 Å². The van der Waals surface area contributed by atoms with E-state index in [0.29, 0.717) is 18.7 Å². The molecule has 0 aliphatic carbocycles. The lowest BCUT2D eigenvalue weighted by Crippen LogP contribution is -2.29. The van der Waals surface area contributed by atoms with Gasteiger partial charge in [-0.05, 0) is 37.0 Å². The van der Waals surface area contributed by atoms with Gasteiger partial charge in [0.2, 0.25) is 10.0 Å². The number of aryl methyl sites for hydroxylation is 1. The highest BCUT2D eigenvalue weighted by molar-refractivity contribution is 7.89. The molecule has 0 saturated carbocycles. The second-order valence-electron chi connectivity index (χ2n) is 4.38. The summed E-state index contributed by atoms with van der Waals surface area (Å²) in [5.41, 5.74) is 0.435. The molecule has 0 atom stereocenters. The molecule has 0 unspecified atom stereocenters. The summed E-state index contributed by atoms with van der Waals surface area (Å²) < 4.78 is 26.1. The maximum absolute atomic E-state index is 12.3. The fourth-order valence-electron chi connectivity index (χ4n) is 2.07. The fourth-order valence-corrected chi connectivity index (χ4v) is 3.84. The zero-order chi connectivity index (χ0) is 13.3. The first-order valence-corrected chi connectivity index (χ1v) is 7.19. The quantitative estimate of drug-likeness (QED) is 0.781. The van der Waals surface area contributed by atoms with Crippen molar-refractivity contribution in [2.75, 3.05) is 13.1 Å². The van der Waals surface area contributed by atoms with Crippen LogP contribution >= 0.6 is 0 Å². The number of sulfonamides is 1. The molecule has 0 radical (unpaired) electrons. The van der Waals surface area contributed by atoms with Crippen molar-refractivity contribution in [3.05, 3.63) is 29.3 Å². The molecule has 1 aromatic rings. The third-order valence-corrected chi connectivity index (χ3v) is 5.15. The van der Waals surface area contributed by atoms with Crippen LogP contribution < -0.4 is 5.11 Å². The van der Waals surface area contributed by atoms with Crippen molar-refractivity contribution in [3.63, 3.8) is 0 Å². The normalized spacial score (nSPS) is 16.9. The van der Waals surface area contributed by atoms with Crippen LogP contribution in [0.3, 0.4) is 0 Å². The van der Waals surface area contributed by atoms with Crippen LogP contribution in [0.5, 0.6) is 0 Å². The smallest absolute Gasteiger partial charge is 0.243 e. The summed E-state index contributed by atoms with van der Waals surface area (Å²) in [6, 6.07) is 4.03. The fraction of sp³-hybridized carbons (Fsp3) is 0.417. The molecular weight excluding hydrogens is 254 g/mol. The van der Waals surface area contributed by atoms with E-state index in [2.05, 4.69) is 0 Å². The van der Waals surface area contributed by atoms with Gasteiger partial charge >= 0.3 is 0 Å². The van der Waals surface area contributed by atoms with Gasteiger partial charge in [-0.3, -0.25) is 0 Å². The van der Waals surface area contributed by atoms with Gasteiger partial charge in [-0.15, -0.1) is 0 Å². The van der Waals surface area contributed by atoms with Gasteiger partial charge in [0.25, 0.3) is 0 Å². The lowest BCUT2D eigenvalue weighted by Gasteiger charge is -2.18. The van der Waals surface area contributed by atoms with Gasteiger partial charge in [0.05, 0.1) is 10.9 Å². The molecule has 0 bridgehead atoms. The van der Waals surface area contributed by atoms with E-state index in [4.69, 9.17) is 0 Å². The number of carbonyl (C=O) groups is 1. The predicted octanol–water partition coefficient (Wildman–Crippen LogP) is 0.143. The van der Waals surface area contributed by atoms with Gasteiger partial charge in [-0.2, -0.15) is 4.31 Å². The van der Waals surface area contributed by atoms with Gasteiger partial charge in [0.15, 0.2) is 0 Å². The van der Waals surface area contributed by atoms with Gasteiger partial charge < -0.3 is 9.90 Å². The molecule has 98 valence electrons. The summed E-state index contributed by atoms with van der Waals surface area (Å²) >= 11 is 0. The highest BCUT2D eigenvalue weighted by Crippen LogP contribution is 2.24. The highest BCUT2D eigenvalue weighted by Gasteiger charge is 2.28. The maximum atomic E-state index is 12.3. The third-order valence-electron chi connectivity index (χ3n) is 3.11.